The molecule has 1 fully saturated rings. The molecule has 0 aliphatic carbocycles. The van der Waals surface area contributed by atoms with Crippen LogP contribution in [-0.2, 0) is 6.54 Å². The second-order valence-electron chi connectivity index (χ2n) is 6.89. The number of rotatable bonds is 4. The maximum absolute atomic E-state index is 5.79. The van der Waals surface area contributed by atoms with Crippen LogP contribution < -0.4 is 14.8 Å². The highest BCUT2D eigenvalue weighted by atomic mass is 16.5. The van der Waals surface area contributed by atoms with E-state index in [1.54, 1.807) is 0 Å². The molecule has 0 atom stereocenters. The normalized spacial score (nSPS) is 18.6. The Balaban J connectivity index is 1.30. The molecule has 1 N–H and O–H groups in total. The Morgan fingerprint density at radius 3 is 2.48 bits per heavy atom. The zero-order valence-corrected chi connectivity index (χ0v) is 14.6. The average Bonchev–Trinajstić information content (AvgIpc) is 2.89. The number of anilines is 1. The van der Waals surface area contributed by atoms with Gasteiger partial charge in [-0.3, -0.25) is 4.90 Å². The summed E-state index contributed by atoms with van der Waals surface area (Å²) in [5.74, 6) is 1.73. The van der Waals surface area contributed by atoms with Gasteiger partial charge in [0, 0.05) is 43.9 Å². The predicted molar refractivity (Wildman–Crippen MR) is 100 cm³/mol. The van der Waals surface area contributed by atoms with Gasteiger partial charge in [-0.1, -0.05) is 30.3 Å². The van der Waals surface area contributed by atoms with Gasteiger partial charge in [-0.2, -0.15) is 0 Å². The van der Waals surface area contributed by atoms with Crippen LogP contribution in [0.5, 0.6) is 11.5 Å². The van der Waals surface area contributed by atoms with Crippen LogP contribution in [0.1, 0.15) is 24.8 Å². The molecule has 2 heterocycles. The smallest absolute Gasteiger partial charge is 0.163 e. The Morgan fingerprint density at radius 2 is 1.68 bits per heavy atom. The maximum Gasteiger partial charge on any atom is 0.163 e. The van der Waals surface area contributed by atoms with E-state index < -0.39 is 0 Å². The summed E-state index contributed by atoms with van der Waals surface area (Å²) in [5, 5.41) is 3.67. The van der Waals surface area contributed by atoms with Gasteiger partial charge in [-0.15, -0.1) is 0 Å². The minimum absolute atomic E-state index is 0.525. The lowest BCUT2D eigenvalue weighted by molar-refractivity contribution is 0.211. The fourth-order valence-electron chi connectivity index (χ4n) is 3.57. The van der Waals surface area contributed by atoms with Crippen molar-refractivity contribution < 1.29 is 9.47 Å². The summed E-state index contributed by atoms with van der Waals surface area (Å²) in [6.45, 7) is 4.79. The summed E-state index contributed by atoms with van der Waals surface area (Å²) in [5.41, 5.74) is 2.53. The Hall–Kier alpha value is -2.20. The van der Waals surface area contributed by atoms with Crippen molar-refractivity contribution in [1.82, 2.24) is 4.90 Å². The molecule has 0 radical (unpaired) electrons. The zero-order chi connectivity index (χ0) is 16.9. The van der Waals surface area contributed by atoms with Gasteiger partial charge in [-0.05, 0) is 30.5 Å². The van der Waals surface area contributed by atoms with E-state index in [-0.39, 0.29) is 0 Å². The van der Waals surface area contributed by atoms with Crippen molar-refractivity contribution in [3.8, 4) is 11.5 Å². The summed E-state index contributed by atoms with van der Waals surface area (Å²) in [4.78, 5) is 2.54. The van der Waals surface area contributed by atoms with Crippen molar-refractivity contribution in [3.63, 3.8) is 0 Å². The Morgan fingerprint density at radius 1 is 0.920 bits per heavy atom. The third kappa shape index (κ3) is 4.26. The molecule has 2 aromatic carbocycles. The first-order valence-corrected chi connectivity index (χ1v) is 9.29. The number of nitrogens with one attached hydrogen (secondary N) is 1. The third-order valence-electron chi connectivity index (χ3n) is 4.95. The molecule has 0 amide bonds. The fourth-order valence-corrected chi connectivity index (χ4v) is 3.57. The molecule has 132 valence electrons. The van der Waals surface area contributed by atoms with Gasteiger partial charge >= 0.3 is 0 Å². The first-order valence-electron chi connectivity index (χ1n) is 9.29. The van der Waals surface area contributed by atoms with E-state index in [9.17, 15) is 0 Å². The van der Waals surface area contributed by atoms with Gasteiger partial charge in [0.25, 0.3) is 0 Å². The van der Waals surface area contributed by atoms with E-state index in [1.165, 1.54) is 18.4 Å². The lowest BCUT2D eigenvalue weighted by Gasteiger charge is -2.33. The molecule has 4 nitrogen and oxygen atoms in total. The van der Waals surface area contributed by atoms with Crippen LogP contribution in [0.4, 0.5) is 5.69 Å². The molecule has 25 heavy (non-hydrogen) atoms. The molecule has 4 heteroatoms. The molecular weight excluding hydrogens is 312 g/mol. The first kappa shape index (κ1) is 16.3. The highest BCUT2D eigenvalue weighted by Gasteiger charge is 2.20. The average molecular weight is 338 g/mol. The quantitative estimate of drug-likeness (QED) is 0.916. The summed E-state index contributed by atoms with van der Waals surface area (Å²) in [7, 11) is 0. The van der Waals surface area contributed by atoms with Gasteiger partial charge in [0.15, 0.2) is 11.5 Å². The topological polar surface area (TPSA) is 33.7 Å². The van der Waals surface area contributed by atoms with Crippen LogP contribution in [0.25, 0.3) is 0 Å². The van der Waals surface area contributed by atoms with E-state index in [2.05, 4.69) is 52.7 Å². The second-order valence-corrected chi connectivity index (χ2v) is 6.89. The molecular formula is C21H26N2O2. The van der Waals surface area contributed by atoms with E-state index in [4.69, 9.17) is 9.47 Å². The van der Waals surface area contributed by atoms with E-state index in [1.807, 2.05) is 6.07 Å². The second kappa shape index (κ2) is 7.79. The molecule has 0 spiro atoms. The van der Waals surface area contributed by atoms with Crippen LogP contribution in [0.2, 0.25) is 0 Å². The maximum atomic E-state index is 5.79. The molecule has 0 unspecified atom stereocenters. The van der Waals surface area contributed by atoms with Crippen molar-refractivity contribution in [2.45, 2.75) is 31.8 Å². The summed E-state index contributed by atoms with van der Waals surface area (Å²) < 4.78 is 11.5. The Kier molecular flexibility index (Phi) is 5.07. The third-order valence-corrected chi connectivity index (χ3v) is 4.95. The van der Waals surface area contributed by atoms with Crippen LogP contribution in [0, 0.1) is 0 Å². The summed E-state index contributed by atoms with van der Waals surface area (Å²) in [6.07, 6.45) is 3.28. The monoisotopic (exact) mass is 338 g/mol. The van der Waals surface area contributed by atoms with Crippen molar-refractivity contribution in [2.75, 3.05) is 31.6 Å². The van der Waals surface area contributed by atoms with Crippen LogP contribution >= 0.6 is 0 Å². The van der Waals surface area contributed by atoms with Crippen LogP contribution in [0.15, 0.2) is 48.5 Å². The minimum atomic E-state index is 0.525. The number of nitrogens with zero attached hydrogens (tertiary/aromatic N) is 1. The number of hydrogen-bond acceptors (Lipinski definition) is 4. The number of likely N-dealkylation sites (tertiary alicyclic amines) is 1. The number of piperidine rings is 1. The highest BCUT2D eigenvalue weighted by Crippen LogP contribution is 2.33. The fraction of sp³-hybridized carbons (Fsp3) is 0.429. The van der Waals surface area contributed by atoms with Gasteiger partial charge in [0.1, 0.15) is 0 Å². The zero-order valence-electron chi connectivity index (χ0n) is 14.6. The van der Waals surface area contributed by atoms with E-state index in [0.717, 1.165) is 56.5 Å². The molecule has 4 rings (SSSR count). The van der Waals surface area contributed by atoms with Crippen molar-refractivity contribution in [1.29, 1.82) is 0 Å². The number of ether oxygens (including phenoxy) is 2. The number of hydrogen-bond donors (Lipinski definition) is 1. The van der Waals surface area contributed by atoms with Gasteiger partial charge in [0.2, 0.25) is 0 Å². The Bertz CT molecular complexity index is 682. The molecule has 0 saturated carbocycles. The van der Waals surface area contributed by atoms with Gasteiger partial charge < -0.3 is 14.8 Å². The lowest BCUT2D eigenvalue weighted by atomic mass is 10.0. The molecule has 0 bridgehead atoms. The molecule has 1 saturated heterocycles. The lowest BCUT2D eigenvalue weighted by Crippen LogP contribution is -2.38. The van der Waals surface area contributed by atoms with Gasteiger partial charge in [0.05, 0.1) is 13.2 Å². The van der Waals surface area contributed by atoms with Crippen molar-refractivity contribution >= 4 is 5.69 Å². The number of fused-ring (bicyclic) bond motifs is 1. The number of benzene rings is 2. The predicted octanol–water partition coefficient (Wildman–Crippen LogP) is 3.92. The molecule has 0 aromatic heterocycles. The molecule has 2 aliphatic rings. The van der Waals surface area contributed by atoms with E-state index >= 15 is 0 Å². The minimum Gasteiger partial charge on any atom is -0.490 e. The van der Waals surface area contributed by atoms with E-state index in [0.29, 0.717) is 6.04 Å². The van der Waals surface area contributed by atoms with Crippen molar-refractivity contribution in [3.05, 3.63) is 54.1 Å². The summed E-state index contributed by atoms with van der Waals surface area (Å²) in [6, 6.07) is 17.5. The standard InChI is InChI=1S/C21H26N2O2/c1-2-5-17(6-3-1)16-23-11-9-18(10-12-23)22-19-7-8-20-21(15-19)25-14-4-13-24-20/h1-3,5-8,15,18,22H,4,9-14,16H2. The summed E-state index contributed by atoms with van der Waals surface area (Å²) >= 11 is 0. The molecule has 2 aliphatic heterocycles. The van der Waals surface area contributed by atoms with Crippen LogP contribution in [0.3, 0.4) is 0 Å². The van der Waals surface area contributed by atoms with Gasteiger partial charge in [-0.25, -0.2) is 0 Å². The largest absolute Gasteiger partial charge is 0.490 e. The Labute approximate surface area is 149 Å². The molecule has 2 aromatic rings. The highest BCUT2D eigenvalue weighted by molar-refractivity contribution is 5.55. The van der Waals surface area contributed by atoms with Crippen LogP contribution in [-0.4, -0.2) is 37.2 Å². The van der Waals surface area contributed by atoms with Crippen molar-refractivity contribution in [2.24, 2.45) is 0 Å². The first-order chi connectivity index (χ1) is 12.4. The SMILES string of the molecule is c1ccc(CN2CCC(Nc3ccc4c(c3)OCCCO4)CC2)cc1.